The molecule has 3 fully saturated rings. The van der Waals surface area contributed by atoms with E-state index < -0.39 is 0 Å². The molecule has 0 atom stereocenters. The fraction of sp³-hybridized carbons (Fsp3) is 0.765. The van der Waals surface area contributed by atoms with Gasteiger partial charge >= 0.3 is 0 Å². The van der Waals surface area contributed by atoms with E-state index in [0.29, 0.717) is 17.9 Å². The van der Waals surface area contributed by atoms with E-state index in [1.807, 2.05) is 0 Å². The fourth-order valence-corrected chi connectivity index (χ4v) is 3.55. The van der Waals surface area contributed by atoms with Gasteiger partial charge in [0, 0.05) is 49.3 Å². The van der Waals surface area contributed by atoms with Crippen molar-refractivity contribution in [2.24, 2.45) is 5.73 Å². The van der Waals surface area contributed by atoms with Crippen molar-refractivity contribution >= 4 is 5.82 Å². The first-order chi connectivity index (χ1) is 10.7. The fourth-order valence-electron chi connectivity index (χ4n) is 3.55. The summed E-state index contributed by atoms with van der Waals surface area (Å²) in [4.78, 5) is 14.7. The molecular formula is C17H27N5. The molecule has 0 amide bonds. The van der Waals surface area contributed by atoms with Crippen LogP contribution in [0.4, 0.5) is 5.82 Å². The number of likely N-dealkylation sites (N-methyl/N-ethyl adjacent to an activating group) is 1. The van der Waals surface area contributed by atoms with Gasteiger partial charge in [0.15, 0.2) is 0 Å². The van der Waals surface area contributed by atoms with E-state index >= 15 is 0 Å². The molecule has 3 aliphatic rings. The molecule has 2 saturated carbocycles. The van der Waals surface area contributed by atoms with Crippen LogP contribution in [0.3, 0.4) is 0 Å². The highest BCUT2D eigenvalue weighted by Gasteiger charge is 2.32. The molecule has 0 bridgehead atoms. The van der Waals surface area contributed by atoms with Gasteiger partial charge in [0.05, 0.1) is 0 Å². The Morgan fingerprint density at radius 3 is 2.59 bits per heavy atom. The molecule has 2 aliphatic carbocycles. The molecule has 2 heterocycles. The smallest absolute Gasteiger partial charge is 0.134 e. The van der Waals surface area contributed by atoms with Crippen molar-refractivity contribution in [3.63, 3.8) is 0 Å². The average Bonchev–Trinajstić information content (AvgIpc) is 3.31. The summed E-state index contributed by atoms with van der Waals surface area (Å²) in [7, 11) is 2.21. The quantitative estimate of drug-likeness (QED) is 0.921. The van der Waals surface area contributed by atoms with E-state index in [-0.39, 0.29) is 0 Å². The second-order valence-corrected chi connectivity index (χ2v) is 7.36. The SMILES string of the molecule is CN1CCCN(c2cc(C3CC(N)C3)nc(C3CC3)n2)CC1. The summed E-state index contributed by atoms with van der Waals surface area (Å²) in [5.41, 5.74) is 7.22. The van der Waals surface area contributed by atoms with Crippen molar-refractivity contribution in [1.29, 1.82) is 0 Å². The molecule has 5 nitrogen and oxygen atoms in total. The predicted octanol–water partition coefficient (Wildman–Crippen LogP) is 1.70. The molecule has 1 aromatic heterocycles. The Hall–Kier alpha value is -1.20. The third-order valence-electron chi connectivity index (χ3n) is 5.33. The summed E-state index contributed by atoms with van der Waals surface area (Å²) in [6.07, 6.45) is 5.90. The summed E-state index contributed by atoms with van der Waals surface area (Å²) in [6.45, 7) is 4.48. The highest BCUT2D eigenvalue weighted by atomic mass is 15.2. The summed E-state index contributed by atoms with van der Waals surface area (Å²) in [5, 5.41) is 0. The van der Waals surface area contributed by atoms with Gasteiger partial charge in [0.25, 0.3) is 0 Å². The van der Waals surface area contributed by atoms with Crippen LogP contribution in [0.5, 0.6) is 0 Å². The minimum Gasteiger partial charge on any atom is -0.355 e. The lowest BCUT2D eigenvalue weighted by molar-refractivity contribution is 0.344. The molecule has 5 heteroatoms. The van der Waals surface area contributed by atoms with Gasteiger partial charge < -0.3 is 15.5 Å². The zero-order valence-electron chi connectivity index (χ0n) is 13.5. The Labute approximate surface area is 132 Å². The molecule has 2 N–H and O–H groups in total. The lowest BCUT2D eigenvalue weighted by Crippen LogP contribution is -2.35. The van der Waals surface area contributed by atoms with Crippen LogP contribution in [0.25, 0.3) is 0 Å². The number of rotatable bonds is 3. The van der Waals surface area contributed by atoms with E-state index in [4.69, 9.17) is 15.7 Å². The first-order valence-electron chi connectivity index (χ1n) is 8.77. The molecule has 1 aliphatic heterocycles. The maximum atomic E-state index is 5.97. The van der Waals surface area contributed by atoms with E-state index in [1.165, 1.54) is 31.5 Å². The van der Waals surface area contributed by atoms with E-state index in [2.05, 4.69) is 22.9 Å². The summed E-state index contributed by atoms with van der Waals surface area (Å²) in [6, 6.07) is 2.62. The normalized spacial score (nSPS) is 30.0. The minimum absolute atomic E-state index is 0.375. The van der Waals surface area contributed by atoms with Crippen LogP contribution in [0.2, 0.25) is 0 Å². The van der Waals surface area contributed by atoms with Crippen molar-refractivity contribution in [3.05, 3.63) is 17.6 Å². The van der Waals surface area contributed by atoms with Crippen LogP contribution in [0, 0.1) is 0 Å². The van der Waals surface area contributed by atoms with Crippen molar-refractivity contribution < 1.29 is 0 Å². The Kier molecular flexibility index (Phi) is 3.78. The van der Waals surface area contributed by atoms with Gasteiger partial charge in [-0.25, -0.2) is 9.97 Å². The molecule has 4 rings (SSSR count). The third kappa shape index (κ3) is 2.97. The zero-order chi connectivity index (χ0) is 15.1. The molecule has 22 heavy (non-hydrogen) atoms. The molecule has 1 saturated heterocycles. The van der Waals surface area contributed by atoms with Gasteiger partial charge in [-0.2, -0.15) is 0 Å². The third-order valence-corrected chi connectivity index (χ3v) is 5.33. The van der Waals surface area contributed by atoms with Crippen LogP contribution in [-0.2, 0) is 0 Å². The van der Waals surface area contributed by atoms with Crippen LogP contribution in [0.1, 0.15) is 55.5 Å². The van der Waals surface area contributed by atoms with Crippen molar-refractivity contribution in [3.8, 4) is 0 Å². The first kappa shape index (κ1) is 14.4. The highest BCUT2D eigenvalue weighted by molar-refractivity contribution is 5.42. The van der Waals surface area contributed by atoms with Crippen LogP contribution < -0.4 is 10.6 Å². The first-order valence-corrected chi connectivity index (χ1v) is 8.77. The standard InChI is InChI=1S/C17H27N5/c1-21-5-2-6-22(8-7-21)16-11-15(13-9-14(18)10-13)19-17(20-16)12-3-4-12/h11-14H,2-10,18H2,1H3. The molecule has 120 valence electrons. The second kappa shape index (κ2) is 5.78. The lowest BCUT2D eigenvalue weighted by Gasteiger charge is -2.33. The van der Waals surface area contributed by atoms with Crippen molar-refractivity contribution in [2.45, 2.75) is 50.0 Å². The number of nitrogens with zero attached hydrogens (tertiary/aromatic N) is 4. The molecule has 0 unspecified atom stereocenters. The average molecular weight is 301 g/mol. The predicted molar refractivity (Wildman–Crippen MR) is 88.3 cm³/mol. The maximum Gasteiger partial charge on any atom is 0.134 e. The van der Waals surface area contributed by atoms with E-state index in [0.717, 1.165) is 44.1 Å². The monoisotopic (exact) mass is 301 g/mol. The summed E-state index contributed by atoms with van der Waals surface area (Å²) < 4.78 is 0. The van der Waals surface area contributed by atoms with Crippen LogP contribution in [0.15, 0.2) is 6.07 Å². The molecule has 0 spiro atoms. The number of nitrogens with two attached hydrogens (primary N) is 1. The minimum atomic E-state index is 0.375. The van der Waals surface area contributed by atoms with Crippen molar-refractivity contribution in [2.75, 3.05) is 38.1 Å². The number of hydrogen-bond donors (Lipinski definition) is 1. The van der Waals surface area contributed by atoms with Gasteiger partial charge in [0.1, 0.15) is 11.6 Å². The summed E-state index contributed by atoms with van der Waals surface area (Å²) in [5.74, 6) is 3.42. The lowest BCUT2D eigenvalue weighted by atomic mass is 9.78. The Morgan fingerprint density at radius 2 is 1.86 bits per heavy atom. The van der Waals surface area contributed by atoms with Gasteiger partial charge in [0.2, 0.25) is 0 Å². The van der Waals surface area contributed by atoms with Crippen LogP contribution >= 0.6 is 0 Å². The zero-order valence-corrected chi connectivity index (χ0v) is 13.5. The van der Waals surface area contributed by atoms with Gasteiger partial charge in [-0.3, -0.25) is 0 Å². The number of aromatic nitrogens is 2. The van der Waals surface area contributed by atoms with E-state index in [1.54, 1.807) is 0 Å². The number of anilines is 1. The van der Waals surface area contributed by atoms with E-state index in [9.17, 15) is 0 Å². The van der Waals surface area contributed by atoms with Crippen molar-refractivity contribution in [1.82, 2.24) is 14.9 Å². The largest absolute Gasteiger partial charge is 0.355 e. The molecule has 1 aromatic rings. The molecule has 0 radical (unpaired) electrons. The second-order valence-electron chi connectivity index (χ2n) is 7.36. The van der Waals surface area contributed by atoms with Crippen LogP contribution in [-0.4, -0.2) is 54.1 Å². The summed E-state index contributed by atoms with van der Waals surface area (Å²) >= 11 is 0. The topological polar surface area (TPSA) is 58.3 Å². The Balaban J connectivity index is 1.59. The Bertz CT molecular complexity index is 536. The molecular weight excluding hydrogens is 274 g/mol. The number of hydrogen-bond acceptors (Lipinski definition) is 5. The molecule has 0 aromatic carbocycles. The van der Waals surface area contributed by atoms with Gasteiger partial charge in [-0.1, -0.05) is 0 Å². The van der Waals surface area contributed by atoms with Gasteiger partial charge in [-0.15, -0.1) is 0 Å². The maximum absolute atomic E-state index is 5.97. The Morgan fingerprint density at radius 1 is 1.05 bits per heavy atom. The van der Waals surface area contributed by atoms with Gasteiger partial charge in [-0.05, 0) is 45.7 Å². The highest BCUT2D eigenvalue weighted by Crippen LogP contribution is 2.41.